The highest BCUT2D eigenvalue weighted by molar-refractivity contribution is 5.83. The van der Waals surface area contributed by atoms with Crippen LogP contribution in [-0.2, 0) is 0 Å². The quantitative estimate of drug-likeness (QED) is 0.572. The minimum atomic E-state index is 0.843. The van der Waals surface area contributed by atoms with E-state index in [0.717, 1.165) is 33.6 Å². The number of benzene rings is 2. The lowest BCUT2D eigenvalue weighted by atomic mass is 10.1. The van der Waals surface area contributed by atoms with E-state index in [9.17, 15) is 0 Å². The highest BCUT2D eigenvalue weighted by Crippen LogP contribution is 2.26. The second-order valence-electron chi connectivity index (χ2n) is 5.25. The molecule has 0 unspecified atom stereocenters. The van der Waals surface area contributed by atoms with E-state index in [-0.39, 0.29) is 0 Å². The molecule has 2 aromatic carbocycles. The molecule has 0 amide bonds. The van der Waals surface area contributed by atoms with Crippen molar-refractivity contribution in [2.75, 3.05) is 7.11 Å². The third kappa shape index (κ3) is 2.44. The van der Waals surface area contributed by atoms with E-state index in [1.54, 1.807) is 19.5 Å². The first-order valence-corrected chi connectivity index (χ1v) is 7.37. The highest BCUT2D eigenvalue weighted by Gasteiger charge is 2.07. The van der Waals surface area contributed by atoms with Gasteiger partial charge in [-0.2, -0.15) is 0 Å². The summed E-state index contributed by atoms with van der Waals surface area (Å²) in [5, 5.41) is 0. The molecule has 4 rings (SSSR count). The first-order valence-electron chi connectivity index (χ1n) is 7.37. The Balaban J connectivity index is 1.84. The lowest BCUT2D eigenvalue weighted by Gasteiger charge is -2.07. The van der Waals surface area contributed by atoms with Gasteiger partial charge in [-0.05, 0) is 59.7 Å². The van der Waals surface area contributed by atoms with Gasteiger partial charge in [0.15, 0.2) is 0 Å². The van der Waals surface area contributed by atoms with Gasteiger partial charge in [0.05, 0.1) is 18.1 Å². The van der Waals surface area contributed by atoms with E-state index in [2.05, 4.69) is 26.7 Å². The van der Waals surface area contributed by atoms with E-state index in [1.165, 1.54) is 0 Å². The summed E-state index contributed by atoms with van der Waals surface area (Å²) in [5.41, 5.74) is 5.39. The van der Waals surface area contributed by atoms with Crippen LogP contribution in [0.2, 0.25) is 0 Å². The van der Waals surface area contributed by atoms with Gasteiger partial charge in [-0.15, -0.1) is 0 Å². The zero-order valence-electron chi connectivity index (χ0n) is 12.7. The molecule has 4 nitrogen and oxygen atoms in total. The molecular formula is C19H15N3O. The lowest BCUT2D eigenvalue weighted by Crippen LogP contribution is -1.92. The van der Waals surface area contributed by atoms with Crippen LogP contribution in [0.5, 0.6) is 5.75 Å². The van der Waals surface area contributed by atoms with Gasteiger partial charge in [0.25, 0.3) is 0 Å². The van der Waals surface area contributed by atoms with Crippen LogP contribution in [0.4, 0.5) is 0 Å². The number of ether oxygens (including phenoxy) is 1. The average molecular weight is 301 g/mol. The molecule has 0 bridgehead atoms. The van der Waals surface area contributed by atoms with Gasteiger partial charge in [-0.3, -0.25) is 9.55 Å². The molecule has 0 radical (unpaired) electrons. The largest absolute Gasteiger partial charge is 0.497 e. The SMILES string of the molecule is COc1ccc(-n2cnc3ccc(-c4ccncc4)cc32)cc1. The fourth-order valence-corrected chi connectivity index (χ4v) is 2.68. The monoisotopic (exact) mass is 301 g/mol. The zero-order valence-corrected chi connectivity index (χ0v) is 12.7. The highest BCUT2D eigenvalue weighted by atomic mass is 16.5. The van der Waals surface area contributed by atoms with Gasteiger partial charge in [0.1, 0.15) is 12.1 Å². The van der Waals surface area contributed by atoms with Crippen LogP contribution in [0.15, 0.2) is 73.3 Å². The van der Waals surface area contributed by atoms with Crippen molar-refractivity contribution >= 4 is 11.0 Å². The summed E-state index contributed by atoms with van der Waals surface area (Å²) in [4.78, 5) is 8.57. The van der Waals surface area contributed by atoms with Gasteiger partial charge < -0.3 is 4.74 Å². The summed E-state index contributed by atoms with van der Waals surface area (Å²) in [6, 6.07) is 18.3. The number of methoxy groups -OCH3 is 1. The third-order valence-electron chi connectivity index (χ3n) is 3.91. The van der Waals surface area contributed by atoms with Gasteiger partial charge in [0, 0.05) is 18.1 Å². The minimum absolute atomic E-state index is 0.843. The second-order valence-corrected chi connectivity index (χ2v) is 5.25. The Morgan fingerprint density at radius 3 is 2.39 bits per heavy atom. The predicted octanol–water partition coefficient (Wildman–Crippen LogP) is 4.10. The molecule has 0 fully saturated rings. The number of fused-ring (bicyclic) bond motifs is 1. The molecule has 2 heterocycles. The zero-order chi connectivity index (χ0) is 15.6. The van der Waals surface area contributed by atoms with E-state index < -0.39 is 0 Å². The van der Waals surface area contributed by atoms with Crippen LogP contribution < -0.4 is 4.74 Å². The van der Waals surface area contributed by atoms with Gasteiger partial charge in [-0.1, -0.05) is 6.07 Å². The molecule has 0 aliphatic carbocycles. The van der Waals surface area contributed by atoms with Gasteiger partial charge in [-0.25, -0.2) is 4.98 Å². The Morgan fingerprint density at radius 1 is 0.870 bits per heavy atom. The molecule has 0 N–H and O–H groups in total. The molecule has 4 heteroatoms. The molecule has 0 aliphatic heterocycles. The smallest absolute Gasteiger partial charge is 0.119 e. The van der Waals surface area contributed by atoms with Crippen LogP contribution in [0.3, 0.4) is 0 Å². The van der Waals surface area contributed by atoms with E-state index in [4.69, 9.17) is 4.74 Å². The number of nitrogens with zero attached hydrogens (tertiary/aromatic N) is 3. The fraction of sp³-hybridized carbons (Fsp3) is 0.0526. The van der Waals surface area contributed by atoms with E-state index >= 15 is 0 Å². The Bertz CT molecular complexity index is 943. The Hall–Kier alpha value is -3.14. The van der Waals surface area contributed by atoms with Crippen molar-refractivity contribution in [3.05, 3.63) is 73.3 Å². The maximum Gasteiger partial charge on any atom is 0.119 e. The standard InChI is InChI=1S/C19H15N3O/c1-23-17-5-3-16(4-6-17)22-13-21-18-7-2-15(12-19(18)22)14-8-10-20-11-9-14/h2-13H,1H3. The minimum Gasteiger partial charge on any atom is -0.497 e. The topological polar surface area (TPSA) is 39.9 Å². The van der Waals surface area contributed by atoms with Crippen LogP contribution in [0.1, 0.15) is 0 Å². The summed E-state index contributed by atoms with van der Waals surface area (Å²) >= 11 is 0. The van der Waals surface area contributed by atoms with Crippen molar-refractivity contribution < 1.29 is 4.74 Å². The van der Waals surface area contributed by atoms with Crippen LogP contribution >= 0.6 is 0 Å². The van der Waals surface area contributed by atoms with Crippen LogP contribution in [0, 0.1) is 0 Å². The lowest BCUT2D eigenvalue weighted by molar-refractivity contribution is 0.415. The number of rotatable bonds is 3. The van der Waals surface area contributed by atoms with Crippen LogP contribution in [0.25, 0.3) is 27.8 Å². The molecule has 0 saturated heterocycles. The maximum atomic E-state index is 5.22. The molecule has 4 aromatic rings. The Morgan fingerprint density at radius 2 is 1.65 bits per heavy atom. The first-order chi connectivity index (χ1) is 11.3. The van der Waals surface area contributed by atoms with E-state index in [0.29, 0.717) is 0 Å². The van der Waals surface area contributed by atoms with Crippen molar-refractivity contribution in [2.24, 2.45) is 0 Å². The summed E-state index contributed by atoms with van der Waals surface area (Å²) < 4.78 is 7.30. The van der Waals surface area contributed by atoms with Crippen molar-refractivity contribution in [1.82, 2.24) is 14.5 Å². The van der Waals surface area contributed by atoms with Crippen LogP contribution in [-0.4, -0.2) is 21.6 Å². The number of hydrogen-bond donors (Lipinski definition) is 0. The summed E-state index contributed by atoms with van der Waals surface area (Å²) in [7, 11) is 1.67. The number of hydrogen-bond acceptors (Lipinski definition) is 3. The molecule has 0 aliphatic rings. The number of imidazole rings is 1. The Kier molecular flexibility index (Phi) is 3.27. The Labute approximate surface area is 134 Å². The molecular weight excluding hydrogens is 286 g/mol. The summed E-state index contributed by atoms with van der Waals surface area (Å²) in [6.45, 7) is 0. The number of aromatic nitrogens is 3. The predicted molar refractivity (Wildman–Crippen MR) is 90.9 cm³/mol. The van der Waals surface area contributed by atoms with Crippen molar-refractivity contribution in [2.45, 2.75) is 0 Å². The fourth-order valence-electron chi connectivity index (χ4n) is 2.68. The van der Waals surface area contributed by atoms with Crippen molar-refractivity contribution in [3.8, 4) is 22.6 Å². The third-order valence-corrected chi connectivity index (χ3v) is 3.91. The second kappa shape index (κ2) is 5.57. The van der Waals surface area contributed by atoms with Gasteiger partial charge in [0.2, 0.25) is 0 Å². The van der Waals surface area contributed by atoms with Crippen molar-refractivity contribution in [1.29, 1.82) is 0 Å². The molecule has 0 atom stereocenters. The summed E-state index contributed by atoms with van der Waals surface area (Å²) in [6.07, 6.45) is 5.46. The molecule has 112 valence electrons. The average Bonchev–Trinajstić information content (AvgIpc) is 3.05. The number of pyridine rings is 1. The summed E-state index contributed by atoms with van der Waals surface area (Å²) in [5.74, 6) is 0.843. The molecule has 2 aromatic heterocycles. The molecule has 23 heavy (non-hydrogen) atoms. The normalized spacial score (nSPS) is 10.8. The molecule has 0 spiro atoms. The van der Waals surface area contributed by atoms with E-state index in [1.807, 2.05) is 48.8 Å². The maximum absolute atomic E-state index is 5.22. The van der Waals surface area contributed by atoms with Gasteiger partial charge >= 0.3 is 0 Å². The first kappa shape index (κ1) is 13.5. The molecule has 0 saturated carbocycles. The van der Waals surface area contributed by atoms with Crippen molar-refractivity contribution in [3.63, 3.8) is 0 Å².